The average Bonchev–Trinajstić information content (AvgIpc) is 3.04. The van der Waals surface area contributed by atoms with E-state index in [1.165, 1.54) is 20.8 Å². The molecule has 1 aliphatic heterocycles. The quantitative estimate of drug-likeness (QED) is 0.170. The van der Waals surface area contributed by atoms with Crippen molar-refractivity contribution in [3.05, 3.63) is 71.8 Å². The smallest absolute Gasteiger partial charge is 0.245 e. The molecule has 1 unspecified atom stereocenters. The Morgan fingerprint density at radius 2 is 1.13 bits per heavy atom. The largest absolute Gasteiger partial charge is 0.394 e. The number of benzene rings is 2. The first-order valence-electron chi connectivity index (χ1n) is 15.0. The third kappa shape index (κ3) is 10.4. The van der Waals surface area contributed by atoms with Crippen LogP contribution >= 0.6 is 0 Å². The average molecular weight is 639 g/mol. The van der Waals surface area contributed by atoms with Gasteiger partial charge in [-0.15, -0.1) is 0 Å². The number of hydrogen-bond acceptors (Lipinski definition) is 8. The lowest BCUT2D eigenvalue weighted by Gasteiger charge is -2.30. The van der Waals surface area contributed by atoms with Gasteiger partial charge in [-0.05, 0) is 25.0 Å². The van der Waals surface area contributed by atoms with E-state index in [-0.39, 0.29) is 12.8 Å². The molecule has 0 bridgehead atoms. The van der Waals surface area contributed by atoms with Crippen molar-refractivity contribution in [2.24, 2.45) is 5.92 Å². The summed E-state index contributed by atoms with van der Waals surface area (Å²) >= 11 is 0. The summed E-state index contributed by atoms with van der Waals surface area (Å²) in [5.41, 5.74) is 1.40. The summed E-state index contributed by atoms with van der Waals surface area (Å²) < 4.78 is 0. The van der Waals surface area contributed by atoms with Crippen molar-refractivity contribution in [3.8, 4) is 0 Å². The molecular formula is C32H42N6O8. The highest BCUT2D eigenvalue weighted by Crippen LogP contribution is 2.12. The van der Waals surface area contributed by atoms with E-state index < -0.39 is 90.8 Å². The van der Waals surface area contributed by atoms with Crippen LogP contribution in [0.15, 0.2) is 60.7 Å². The number of carbonyl (C=O) groups is 6. The van der Waals surface area contributed by atoms with E-state index >= 15 is 0 Å². The van der Waals surface area contributed by atoms with Gasteiger partial charge >= 0.3 is 0 Å². The van der Waals surface area contributed by atoms with Crippen molar-refractivity contribution in [1.29, 1.82) is 0 Å². The maximum Gasteiger partial charge on any atom is 0.245 e. The van der Waals surface area contributed by atoms with E-state index in [1.807, 2.05) is 0 Å². The van der Waals surface area contributed by atoms with Crippen molar-refractivity contribution >= 4 is 35.4 Å². The van der Waals surface area contributed by atoms with Crippen LogP contribution in [0.3, 0.4) is 0 Å². The Morgan fingerprint density at radius 1 is 0.652 bits per heavy atom. The maximum absolute atomic E-state index is 13.9. The monoisotopic (exact) mass is 638 g/mol. The zero-order valence-corrected chi connectivity index (χ0v) is 26.0. The van der Waals surface area contributed by atoms with Gasteiger partial charge in [0.2, 0.25) is 35.4 Å². The maximum atomic E-state index is 13.9. The lowest BCUT2D eigenvalue weighted by molar-refractivity contribution is -0.137. The van der Waals surface area contributed by atoms with Gasteiger partial charge < -0.3 is 42.1 Å². The molecule has 0 aromatic heterocycles. The Morgan fingerprint density at radius 3 is 1.63 bits per heavy atom. The SMILES string of the molecule is CC(O)[C@H](C)[C@@H]1NC(=O)[C@H](CO)NC(=O)CNC(=O)[C@H](C)NC(=O)[C@H](Cc2ccccc2)NC(=O)[C@H](Cc2ccccc2)NC1=O. The molecule has 2 aromatic rings. The summed E-state index contributed by atoms with van der Waals surface area (Å²) in [4.78, 5) is 79.4. The molecular weight excluding hydrogens is 596 g/mol. The molecule has 0 saturated carbocycles. The van der Waals surface area contributed by atoms with E-state index in [2.05, 4.69) is 31.9 Å². The van der Waals surface area contributed by atoms with E-state index in [1.54, 1.807) is 60.7 Å². The zero-order valence-electron chi connectivity index (χ0n) is 26.0. The molecule has 14 nitrogen and oxygen atoms in total. The van der Waals surface area contributed by atoms with Crippen LogP contribution in [0.1, 0.15) is 31.9 Å². The lowest BCUT2D eigenvalue weighted by Crippen LogP contribution is -2.62. The van der Waals surface area contributed by atoms with Crippen LogP contribution in [0.2, 0.25) is 0 Å². The van der Waals surface area contributed by atoms with Gasteiger partial charge in [0.25, 0.3) is 0 Å². The van der Waals surface area contributed by atoms with Crippen LogP contribution in [0.25, 0.3) is 0 Å². The fourth-order valence-corrected chi connectivity index (χ4v) is 4.76. The molecule has 0 aliphatic carbocycles. The van der Waals surface area contributed by atoms with Gasteiger partial charge in [0.15, 0.2) is 0 Å². The summed E-state index contributed by atoms with van der Waals surface area (Å²) in [5, 5.41) is 35.2. The minimum atomic E-state index is -1.50. The van der Waals surface area contributed by atoms with Crippen molar-refractivity contribution < 1.29 is 39.0 Å². The predicted molar refractivity (Wildman–Crippen MR) is 167 cm³/mol. The number of aliphatic hydroxyl groups excluding tert-OH is 2. The fourth-order valence-electron chi connectivity index (χ4n) is 4.76. The number of aliphatic hydroxyl groups is 2. The molecule has 46 heavy (non-hydrogen) atoms. The highest BCUT2D eigenvalue weighted by Gasteiger charge is 2.36. The van der Waals surface area contributed by atoms with Crippen LogP contribution in [0, 0.1) is 5.92 Å². The molecule has 1 fully saturated rings. The summed E-state index contributed by atoms with van der Waals surface area (Å²) in [5.74, 6) is -5.52. The Bertz CT molecular complexity index is 1370. The summed E-state index contributed by atoms with van der Waals surface area (Å²) in [6, 6.07) is 11.3. The molecule has 2 aromatic carbocycles. The molecule has 1 aliphatic rings. The van der Waals surface area contributed by atoms with Gasteiger partial charge in [-0.1, -0.05) is 67.6 Å². The number of hydrogen-bond donors (Lipinski definition) is 8. The van der Waals surface area contributed by atoms with Gasteiger partial charge in [-0.2, -0.15) is 0 Å². The highest BCUT2D eigenvalue weighted by atomic mass is 16.3. The molecule has 6 amide bonds. The standard InChI is InChI=1S/C32H42N6O8/c1-18(20(3)40)27-32(46)37-24(15-22-12-8-5-9-13-22)30(44)36-23(14-21-10-6-4-7-11-21)29(43)34-19(2)28(42)33-16-26(41)35-25(17-39)31(45)38-27/h4-13,18-20,23-25,27,39-40H,14-17H2,1-3H3,(H,33,42)(H,34,43)(H,35,41)(H,36,44)(H,37,46)(H,38,45)/t18-,19-,20?,23-,24-,25-,27-/m0/s1. The lowest BCUT2D eigenvalue weighted by atomic mass is 9.94. The Hall–Kier alpha value is -4.82. The number of nitrogens with one attached hydrogen (secondary N) is 6. The molecule has 0 spiro atoms. The van der Waals surface area contributed by atoms with Gasteiger partial charge in [0, 0.05) is 18.8 Å². The Labute approximate surface area is 267 Å². The van der Waals surface area contributed by atoms with Crippen molar-refractivity contribution in [3.63, 3.8) is 0 Å². The Balaban J connectivity index is 2.03. The van der Waals surface area contributed by atoms with Gasteiger partial charge in [0.1, 0.15) is 30.2 Å². The van der Waals surface area contributed by atoms with E-state index in [9.17, 15) is 39.0 Å². The molecule has 7 atom stereocenters. The van der Waals surface area contributed by atoms with Crippen LogP contribution in [-0.2, 0) is 41.6 Å². The Kier molecular flexibility index (Phi) is 13.2. The van der Waals surface area contributed by atoms with E-state index in [4.69, 9.17) is 0 Å². The number of amides is 6. The third-order valence-electron chi connectivity index (χ3n) is 7.71. The molecule has 1 saturated heterocycles. The first-order valence-corrected chi connectivity index (χ1v) is 15.0. The highest BCUT2D eigenvalue weighted by molar-refractivity contribution is 5.97. The van der Waals surface area contributed by atoms with Gasteiger partial charge in [0.05, 0.1) is 19.3 Å². The van der Waals surface area contributed by atoms with Crippen LogP contribution < -0.4 is 31.9 Å². The zero-order chi connectivity index (χ0) is 33.8. The van der Waals surface area contributed by atoms with Gasteiger partial charge in [-0.3, -0.25) is 28.8 Å². The molecule has 8 N–H and O–H groups in total. The number of rotatable bonds is 7. The molecule has 0 radical (unpaired) electrons. The number of carbonyl (C=O) groups excluding carboxylic acids is 6. The minimum Gasteiger partial charge on any atom is -0.394 e. The van der Waals surface area contributed by atoms with Crippen molar-refractivity contribution in [2.75, 3.05) is 13.2 Å². The van der Waals surface area contributed by atoms with Crippen LogP contribution in [0.5, 0.6) is 0 Å². The second-order valence-corrected chi connectivity index (χ2v) is 11.3. The fraction of sp³-hybridized carbons (Fsp3) is 0.438. The summed E-state index contributed by atoms with van der Waals surface area (Å²) in [6.45, 7) is 2.92. The molecule has 3 rings (SSSR count). The summed E-state index contributed by atoms with van der Waals surface area (Å²) in [6.07, 6.45) is -1.02. The van der Waals surface area contributed by atoms with Crippen LogP contribution in [0.4, 0.5) is 0 Å². The first kappa shape index (κ1) is 35.7. The van der Waals surface area contributed by atoms with Gasteiger partial charge in [-0.25, -0.2) is 0 Å². The predicted octanol–water partition coefficient (Wildman–Crippen LogP) is -1.95. The van der Waals surface area contributed by atoms with Crippen molar-refractivity contribution in [2.45, 2.75) is 69.9 Å². The second kappa shape index (κ2) is 17.0. The molecule has 1 heterocycles. The van der Waals surface area contributed by atoms with Crippen molar-refractivity contribution in [1.82, 2.24) is 31.9 Å². The first-order chi connectivity index (χ1) is 21.9. The third-order valence-corrected chi connectivity index (χ3v) is 7.71. The second-order valence-electron chi connectivity index (χ2n) is 11.3. The minimum absolute atomic E-state index is 0.00987. The van der Waals surface area contributed by atoms with E-state index in [0.29, 0.717) is 5.56 Å². The van der Waals surface area contributed by atoms with Crippen LogP contribution in [-0.4, -0.2) is 95.1 Å². The summed E-state index contributed by atoms with van der Waals surface area (Å²) in [7, 11) is 0. The van der Waals surface area contributed by atoms with E-state index in [0.717, 1.165) is 5.56 Å². The normalized spacial score (nSPS) is 25.3. The topological polar surface area (TPSA) is 215 Å². The molecule has 14 heteroatoms. The molecule has 248 valence electrons.